The first-order valence-corrected chi connectivity index (χ1v) is 4.79. The van der Waals surface area contributed by atoms with E-state index in [2.05, 4.69) is 5.32 Å². The molecule has 8 heteroatoms. The lowest BCUT2D eigenvalue weighted by Crippen LogP contribution is -2.36. The lowest BCUT2D eigenvalue weighted by Gasteiger charge is -2.05. The van der Waals surface area contributed by atoms with E-state index >= 15 is 0 Å². The van der Waals surface area contributed by atoms with E-state index < -0.39 is 17.2 Å². The summed E-state index contributed by atoms with van der Waals surface area (Å²) in [7, 11) is 0. The van der Waals surface area contributed by atoms with E-state index in [0.717, 1.165) is 10.8 Å². The minimum atomic E-state index is -0.714. The van der Waals surface area contributed by atoms with Crippen molar-refractivity contribution < 1.29 is 9.90 Å². The van der Waals surface area contributed by atoms with Gasteiger partial charge in [0.15, 0.2) is 0 Å². The molecule has 0 aliphatic carbocycles. The van der Waals surface area contributed by atoms with Crippen molar-refractivity contribution in [1.82, 2.24) is 14.9 Å². The highest BCUT2D eigenvalue weighted by Gasteiger charge is 2.06. The third-order valence-corrected chi connectivity index (χ3v) is 1.98. The van der Waals surface area contributed by atoms with Gasteiger partial charge in [0.1, 0.15) is 11.6 Å². The average molecular weight is 248 g/mol. The molecule has 0 aliphatic heterocycles. The van der Waals surface area contributed by atoms with Crippen LogP contribution in [-0.2, 0) is 11.3 Å². The second-order valence-corrected chi connectivity index (χ2v) is 3.34. The van der Waals surface area contributed by atoms with Crippen LogP contribution >= 0.6 is 11.6 Å². The standard InChI is InChI=1S/C8H10ClN3O4/c9-5-3-12(8(16)11-7(5)15)4-6(14)10-1-2-13/h3,13H,1-2,4H2,(H,10,14)(H,11,15,16). The fraction of sp³-hybridized carbons (Fsp3) is 0.375. The normalized spacial score (nSPS) is 10.1. The number of amides is 1. The second-order valence-electron chi connectivity index (χ2n) is 2.94. The van der Waals surface area contributed by atoms with Crippen LogP contribution < -0.4 is 16.6 Å². The molecule has 0 aromatic carbocycles. The molecule has 16 heavy (non-hydrogen) atoms. The van der Waals surface area contributed by atoms with Gasteiger partial charge in [-0.1, -0.05) is 11.6 Å². The van der Waals surface area contributed by atoms with Gasteiger partial charge in [0.05, 0.1) is 6.61 Å². The smallest absolute Gasteiger partial charge is 0.328 e. The van der Waals surface area contributed by atoms with Gasteiger partial charge in [0, 0.05) is 12.7 Å². The predicted octanol–water partition coefficient (Wildman–Crippen LogP) is -1.70. The van der Waals surface area contributed by atoms with Crippen molar-refractivity contribution in [2.75, 3.05) is 13.2 Å². The van der Waals surface area contributed by atoms with E-state index in [1.807, 2.05) is 4.98 Å². The number of hydrogen-bond donors (Lipinski definition) is 3. The predicted molar refractivity (Wildman–Crippen MR) is 56.4 cm³/mol. The summed E-state index contributed by atoms with van der Waals surface area (Å²) in [6.07, 6.45) is 1.08. The summed E-state index contributed by atoms with van der Waals surface area (Å²) in [5, 5.41) is 10.7. The van der Waals surface area contributed by atoms with Crippen LogP contribution in [0.2, 0.25) is 5.02 Å². The number of aromatic nitrogens is 2. The molecule has 0 bridgehead atoms. The lowest BCUT2D eigenvalue weighted by atomic mass is 10.5. The number of aromatic amines is 1. The molecule has 1 heterocycles. The molecule has 3 N–H and O–H groups in total. The number of rotatable bonds is 4. The molecule has 0 fully saturated rings. The number of halogens is 1. The molecule has 0 spiro atoms. The maximum absolute atomic E-state index is 11.2. The quantitative estimate of drug-likeness (QED) is 0.590. The maximum Gasteiger partial charge on any atom is 0.328 e. The summed E-state index contributed by atoms with van der Waals surface area (Å²) in [4.78, 5) is 35.3. The van der Waals surface area contributed by atoms with Gasteiger partial charge in [0.25, 0.3) is 5.56 Å². The number of hydrogen-bond acceptors (Lipinski definition) is 4. The van der Waals surface area contributed by atoms with Crippen molar-refractivity contribution in [3.8, 4) is 0 Å². The number of nitrogens with one attached hydrogen (secondary N) is 2. The van der Waals surface area contributed by atoms with E-state index in [9.17, 15) is 14.4 Å². The highest BCUT2D eigenvalue weighted by Crippen LogP contribution is 1.95. The summed E-state index contributed by atoms with van der Waals surface area (Å²) in [5.74, 6) is -0.459. The Kier molecular flexibility index (Phi) is 4.27. The van der Waals surface area contributed by atoms with Gasteiger partial charge in [-0.2, -0.15) is 0 Å². The molecule has 1 aromatic rings. The third kappa shape index (κ3) is 3.21. The minimum Gasteiger partial charge on any atom is -0.395 e. The molecule has 7 nitrogen and oxygen atoms in total. The monoisotopic (exact) mass is 247 g/mol. The van der Waals surface area contributed by atoms with E-state index in [1.54, 1.807) is 0 Å². The topological polar surface area (TPSA) is 104 Å². The molecule has 0 atom stereocenters. The van der Waals surface area contributed by atoms with Gasteiger partial charge < -0.3 is 10.4 Å². The first-order chi connectivity index (χ1) is 7.54. The number of aliphatic hydroxyl groups is 1. The van der Waals surface area contributed by atoms with Crippen LogP contribution in [-0.4, -0.2) is 33.7 Å². The molecule has 0 radical (unpaired) electrons. The van der Waals surface area contributed by atoms with Crippen molar-refractivity contribution in [3.05, 3.63) is 32.1 Å². The fourth-order valence-electron chi connectivity index (χ4n) is 1.01. The third-order valence-electron chi connectivity index (χ3n) is 1.72. The summed E-state index contributed by atoms with van der Waals surface area (Å²) < 4.78 is 0.969. The van der Waals surface area contributed by atoms with Crippen LogP contribution in [0.15, 0.2) is 15.8 Å². The first kappa shape index (κ1) is 12.5. The Morgan fingerprint density at radius 1 is 1.56 bits per heavy atom. The Balaban J connectivity index is 2.82. The number of carbonyl (C=O) groups is 1. The van der Waals surface area contributed by atoms with Crippen molar-refractivity contribution >= 4 is 17.5 Å². The molecule has 0 aliphatic rings. The van der Waals surface area contributed by atoms with E-state index in [-0.39, 0.29) is 24.7 Å². The number of nitrogens with zero attached hydrogens (tertiary/aromatic N) is 1. The second kappa shape index (κ2) is 5.47. The molecule has 0 saturated carbocycles. The SMILES string of the molecule is O=C(Cn1cc(Cl)c(=O)[nH]c1=O)NCCO. The highest BCUT2D eigenvalue weighted by molar-refractivity contribution is 6.30. The van der Waals surface area contributed by atoms with Crippen molar-refractivity contribution in [1.29, 1.82) is 0 Å². The zero-order valence-corrected chi connectivity index (χ0v) is 8.95. The van der Waals surface area contributed by atoms with Gasteiger partial charge in [-0.25, -0.2) is 4.79 Å². The summed E-state index contributed by atoms with van der Waals surface area (Å²) in [6.45, 7) is -0.354. The van der Waals surface area contributed by atoms with E-state index in [1.165, 1.54) is 0 Å². The number of carbonyl (C=O) groups excluding carboxylic acids is 1. The largest absolute Gasteiger partial charge is 0.395 e. The molecular weight excluding hydrogens is 238 g/mol. The van der Waals surface area contributed by atoms with Crippen LogP contribution in [0.4, 0.5) is 0 Å². The summed E-state index contributed by atoms with van der Waals surface area (Å²) in [5.41, 5.74) is -1.41. The molecule has 0 unspecified atom stereocenters. The number of aliphatic hydroxyl groups excluding tert-OH is 1. The van der Waals surface area contributed by atoms with E-state index in [0.29, 0.717) is 0 Å². The van der Waals surface area contributed by atoms with Crippen molar-refractivity contribution in [2.45, 2.75) is 6.54 Å². The Morgan fingerprint density at radius 2 is 2.25 bits per heavy atom. The Bertz CT molecular complexity index is 493. The Hall–Kier alpha value is -1.60. The molecule has 88 valence electrons. The summed E-state index contributed by atoms with van der Waals surface area (Å²) in [6, 6.07) is 0. The Labute approximate surface area is 94.7 Å². The average Bonchev–Trinajstić information content (AvgIpc) is 2.23. The maximum atomic E-state index is 11.2. The van der Waals surface area contributed by atoms with Gasteiger partial charge >= 0.3 is 5.69 Å². The molecule has 1 amide bonds. The number of H-pyrrole nitrogens is 1. The fourth-order valence-corrected chi connectivity index (χ4v) is 1.17. The highest BCUT2D eigenvalue weighted by atomic mass is 35.5. The van der Waals surface area contributed by atoms with Crippen molar-refractivity contribution in [2.24, 2.45) is 0 Å². The van der Waals surface area contributed by atoms with Crippen LogP contribution in [0.25, 0.3) is 0 Å². The molecule has 1 rings (SSSR count). The minimum absolute atomic E-state index is 0.102. The van der Waals surface area contributed by atoms with Gasteiger partial charge in [0.2, 0.25) is 5.91 Å². The van der Waals surface area contributed by atoms with Crippen molar-refractivity contribution in [3.63, 3.8) is 0 Å². The zero-order chi connectivity index (χ0) is 12.1. The van der Waals surface area contributed by atoms with Crippen LogP contribution in [0, 0.1) is 0 Å². The van der Waals surface area contributed by atoms with Crippen LogP contribution in [0.5, 0.6) is 0 Å². The Morgan fingerprint density at radius 3 is 2.88 bits per heavy atom. The van der Waals surface area contributed by atoms with Gasteiger partial charge in [-0.15, -0.1) is 0 Å². The molecular formula is C8H10ClN3O4. The molecule has 1 aromatic heterocycles. The van der Waals surface area contributed by atoms with Crippen LogP contribution in [0.1, 0.15) is 0 Å². The first-order valence-electron chi connectivity index (χ1n) is 4.41. The lowest BCUT2D eigenvalue weighted by molar-refractivity contribution is -0.121. The van der Waals surface area contributed by atoms with Crippen LogP contribution in [0.3, 0.4) is 0 Å². The summed E-state index contributed by atoms with van der Waals surface area (Å²) >= 11 is 5.50. The molecule has 0 saturated heterocycles. The van der Waals surface area contributed by atoms with Gasteiger partial charge in [-0.3, -0.25) is 19.1 Å². The zero-order valence-electron chi connectivity index (χ0n) is 8.20. The van der Waals surface area contributed by atoms with E-state index in [4.69, 9.17) is 16.7 Å². The van der Waals surface area contributed by atoms with Gasteiger partial charge in [-0.05, 0) is 0 Å².